The highest BCUT2D eigenvalue weighted by Gasteiger charge is 2.50. The molecule has 6 rings (SSSR count). The predicted octanol–water partition coefficient (Wildman–Crippen LogP) is 6.57. The number of ether oxygens (including phenoxy) is 1. The summed E-state index contributed by atoms with van der Waals surface area (Å²) in [5, 5.41) is 0.627. The Morgan fingerprint density at radius 3 is 2.40 bits per heavy atom. The number of carbonyl (C=O) groups is 4. The minimum atomic E-state index is -0.619. The summed E-state index contributed by atoms with van der Waals surface area (Å²) < 4.78 is 5.52. The number of ketones is 1. The van der Waals surface area contributed by atoms with Gasteiger partial charge < -0.3 is 4.74 Å². The molecule has 7 nitrogen and oxygen atoms in total. The standard InChI is InChI=1S/C36H32N2O5/c1-20-11-12-25(17-23(20)4)31(39)19-43-36(42)29-18-30(37-33-22(3)8-6-9-27(29)33)24-13-15-26(16-14-24)38-34(40)28-10-5-7-21(2)32(28)35(38)41/h5-9,11-18,21,28,32H,10,19H2,1-4H3. The van der Waals surface area contributed by atoms with Crippen molar-refractivity contribution < 1.29 is 23.9 Å². The van der Waals surface area contributed by atoms with Gasteiger partial charge in [0, 0.05) is 16.5 Å². The molecule has 2 aliphatic rings. The van der Waals surface area contributed by atoms with Crippen LogP contribution in [0, 0.1) is 38.5 Å². The molecule has 4 aromatic rings. The Hall–Kier alpha value is -4.91. The van der Waals surface area contributed by atoms with Gasteiger partial charge in [-0.1, -0.05) is 61.5 Å². The van der Waals surface area contributed by atoms with Crippen LogP contribution in [0.4, 0.5) is 5.69 Å². The molecule has 1 aromatic heterocycles. The number of hydrogen-bond donors (Lipinski definition) is 0. The van der Waals surface area contributed by atoms with Crippen LogP contribution in [0.5, 0.6) is 0 Å². The van der Waals surface area contributed by atoms with Crippen molar-refractivity contribution in [1.82, 2.24) is 4.98 Å². The molecule has 0 N–H and O–H groups in total. The highest BCUT2D eigenvalue weighted by molar-refractivity contribution is 6.22. The van der Waals surface area contributed by atoms with E-state index in [1.165, 1.54) is 4.90 Å². The van der Waals surface area contributed by atoms with E-state index in [0.717, 1.165) is 16.7 Å². The van der Waals surface area contributed by atoms with E-state index >= 15 is 0 Å². The van der Waals surface area contributed by atoms with E-state index in [0.29, 0.717) is 45.4 Å². The Balaban J connectivity index is 1.28. The summed E-state index contributed by atoms with van der Waals surface area (Å²) in [6.45, 7) is 7.42. The highest BCUT2D eigenvalue weighted by Crippen LogP contribution is 2.41. The van der Waals surface area contributed by atoms with Crippen molar-refractivity contribution in [2.75, 3.05) is 11.5 Å². The number of esters is 1. The minimum absolute atomic E-state index is 0.0130. The normalized spacial score (nSPS) is 19.5. The van der Waals surface area contributed by atoms with E-state index < -0.39 is 5.97 Å². The monoisotopic (exact) mass is 572 g/mol. The fourth-order valence-electron chi connectivity index (χ4n) is 6.10. The van der Waals surface area contributed by atoms with E-state index in [1.54, 1.807) is 42.5 Å². The van der Waals surface area contributed by atoms with Crippen LogP contribution in [0.2, 0.25) is 0 Å². The quantitative estimate of drug-likeness (QED) is 0.112. The molecule has 7 heteroatoms. The third kappa shape index (κ3) is 5.05. The number of Topliss-reactive ketones (excluding diaryl/α,β-unsaturated/α-hetero) is 1. The van der Waals surface area contributed by atoms with Crippen LogP contribution in [-0.4, -0.2) is 35.2 Å². The van der Waals surface area contributed by atoms with Crippen molar-refractivity contribution in [1.29, 1.82) is 0 Å². The first-order valence-corrected chi connectivity index (χ1v) is 14.5. The van der Waals surface area contributed by atoms with Crippen LogP contribution in [0.15, 0.2) is 78.9 Å². The molecule has 2 heterocycles. The number of aryl methyl sites for hydroxylation is 3. The second-order valence-electron chi connectivity index (χ2n) is 11.5. The average Bonchev–Trinajstić information content (AvgIpc) is 3.27. The number of fused-ring (bicyclic) bond motifs is 2. The second kappa shape index (κ2) is 11.1. The van der Waals surface area contributed by atoms with Crippen LogP contribution in [0.25, 0.3) is 22.2 Å². The lowest BCUT2D eigenvalue weighted by Crippen LogP contribution is -2.31. The minimum Gasteiger partial charge on any atom is -0.454 e. The largest absolute Gasteiger partial charge is 0.454 e. The van der Waals surface area contributed by atoms with Gasteiger partial charge in [-0.25, -0.2) is 9.78 Å². The van der Waals surface area contributed by atoms with Gasteiger partial charge in [-0.2, -0.15) is 0 Å². The first kappa shape index (κ1) is 28.2. The highest BCUT2D eigenvalue weighted by atomic mass is 16.5. The molecule has 216 valence electrons. The Morgan fingerprint density at radius 1 is 0.907 bits per heavy atom. The number of benzene rings is 3. The van der Waals surface area contributed by atoms with Gasteiger partial charge in [0.05, 0.1) is 34.3 Å². The Bertz CT molecular complexity index is 1840. The summed E-state index contributed by atoms with van der Waals surface area (Å²) in [5.74, 6) is -1.88. The van der Waals surface area contributed by atoms with E-state index in [-0.39, 0.29) is 42.0 Å². The van der Waals surface area contributed by atoms with E-state index in [9.17, 15) is 19.2 Å². The molecule has 1 fully saturated rings. The number of imide groups is 1. The van der Waals surface area contributed by atoms with Gasteiger partial charge in [0.1, 0.15) is 0 Å². The lowest BCUT2D eigenvalue weighted by atomic mass is 9.78. The number of aromatic nitrogens is 1. The van der Waals surface area contributed by atoms with Crippen molar-refractivity contribution in [3.63, 3.8) is 0 Å². The summed E-state index contributed by atoms with van der Waals surface area (Å²) in [6, 6.07) is 19.7. The first-order valence-electron chi connectivity index (χ1n) is 14.5. The molecule has 1 aliphatic heterocycles. The number of para-hydroxylation sites is 1. The molecule has 43 heavy (non-hydrogen) atoms. The average molecular weight is 573 g/mol. The number of amides is 2. The van der Waals surface area contributed by atoms with Crippen molar-refractivity contribution in [3.05, 3.63) is 107 Å². The summed E-state index contributed by atoms with van der Waals surface area (Å²) in [7, 11) is 0. The maximum Gasteiger partial charge on any atom is 0.339 e. The van der Waals surface area contributed by atoms with Gasteiger partial charge in [0.2, 0.25) is 11.8 Å². The van der Waals surface area contributed by atoms with Gasteiger partial charge in [-0.3, -0.25) is 19.3 Å². The summed E-state index contributed by atoms with van der Waals surface area (Å²) in [4.78, 5) is 58.7. The third-order valence-electron chi connectivity index (χ3n) is 8.72. The number of carbonyl (C=O) groups excluding carboxylic acids is 4. The Morgan fingerprint density at radius 2 is 1.67 bits per heavy atom. The molecule has 0 bridgehead atoms. The SMILES string of the molecule is Cc1ccc(C(=O)COC(=O)c2cc(-c3ccc(N4C(=O)C5CC=CC(C)C5C4=O)cc3)nc3c(C)cccc23)cc1C. The predicted molar refractivity (Wildman–Crippen MR) is 165 cm³/mol. The molecule has 3 atom stereocenters. The number of rotatable bonds is 6. The number of hydrogen-bond acceptors (Lipinski definition) is 6. The van der Waals surface area contributed by atoms with Gasteiger partial charge in [0.15, 0.2) is 12.4 Å². The third-order valence-corrected chi connectivity index (χ3v) is 8.72. The number of allylic oxidation sites excluding steroid dienone is 2. The molecular weight excluding hydrogens is 540 g/mol. The van der Waals surface area contributed by atoms with E-state index in [1.807, 2.05) is 64.1 Å². The molecule has 2 amide bonds. The van der Waals surface area contributed by atoms with Crippen LogP contribution in [0.1, 0.15) is 50.8 Å². The summed E-state index contributed by atoms with van der Waals surface area (Å²) in [6.07, 6.45) is 4.57. The van der Waals surface area contributed by atoms with Crippen molar-refractivity contribution >= 4 is 40.2 Å². The van der Waals surface area contributed by atoms with E-state index in [2.05, 4.69) is 0 Å². The molecular formula is C36H32N2O5. The second-order valence-corrected chi connectivity index (χ2v) is 11.5. The fraction of sp³-hybridized carbons (Fsp3) is 0.250. The first-order chi connectivity index (χ1) is 20.6. The lowest BCUT2D eigenvalue weighted by molar-refractivity contribution is -0.122. The molecule has 0 spiro atoms. The van der Waals surface area contributed by atoms with Crippen LogP contribution in [-0.2, 0) is 14.3 Å². The zero-order valence-corrected chi connectivity index (χ0v) is 24.6. The molecule has 3 aromatic carbocycles. The Kier molecular flexibility index (Phi) is 7.26. The number of nitrogens with zero attached hydrogens (tertiary/aromatic N) is 2. The number of pyridine rings is 1. The molecule has 1 aliphatic carbocycles. The molecule has 0 radical (unpaired) electrons. The van der Waals surface area contributed by atoms with Crippen LogP contribution < -0.4 is 4.90 Å². The number of anilines is 1. The smallest absolute Gasteiger partial charge is 0.339 e. The van der Waals surface area contributed by atoms with Gasteiger partial charge in [0.25, 0.3) is 0 Å². The van der Waals surface area contributed by atoms with Gasteiger partial charge in [-0.15, -0.1) is 0 Å². The van der Waals surface area contributed by atoms with Gasteiger partial charge >= 0.3 is 5.97 Å². The molecule has 0 saturated carbocycles. The topological polar surface area (TPSA) is 93.6 Å². The molecule has 1 saturated heterocycles. The van der Waals surface area contributed by atoms with Crippen molar-refractivity contribution in [2.45, 2.75) is 34.1 Å². The van der Waals surface area contributed by atoms with E-state index in [4.69, 9.17) is 9.72 Å². The fourth-order valence-corrected chi connectivity index (χ4v) is 6.10. The maximum atomic E-state index is 13.4. The van der Waals surface area contributed by atoms with Crippen molar-refractivity contribution in [3.8, 4) is 11.3 Å². The zero-order valence-electron chi connectivity index (χ0n) is 24.6. The van der Waals surface area contributed by atoms with Gasteiger partial charge in [-0.05, 0) is 74.1 Å². The van der Waals surface area contributed by atoms with Crippen molar-refractivity contribution in [2.24, 2.45) is 17.8 Å². The maximum absolute atomic E-state index is 13.4. The molecule has 3 unspecified atom stereocenters. The zero-order chi connectivity index (χ0) is 30.4. The van der Waals surface area contributed by atoms with Crippen LogP contribution >= 0.6 is 0 Å². The Labute approximate surface area is 250 Å². The lowest BCUT2D eigenvalue weighted by Gasteiger charge is -2.22. The summed E-state index contributed by atoms with van der Waals surface area (Å²) in [5.41, 5.74) is 6.15. The van der Waals surface area contributed by atoms with Crippen LogP contribution in [0.3, 0.4) is 0 Å². The summed E-state index contributed by atoms with van der Waals surface area (Å²) >= 11 is 0.